The number of benzene rings is 1. The molecule has 1 aliphatic carbocycles. The van der Waals surface area contributed by atoms with Crippen molar-refractivity contribution in [1.82, 2.24) is 9.55 Å². The van der Waals surface area contributed by atoms with Gasteiger partial charge in [-0.2, -0.15) is 5.10 Å². The first-order chi connectivity index (χ1) is 11.4. The van der Waals surface area contributed by atoms with Gasteiger partial charge in [-0.05, 0) is 50.3 Å². The average Bonchev–Trinajstić information content (AvgIpc) is 2.51. The van der Waals surface area contributed by atoms with E-state index in [4.69, 9.17) is 0 Å². The molecule has 1 aromatic heterocycles. The van der Waals surface area contributed by atoms with Crippen molar-refractivity contribution in [2.75, 3.05) is 5.43 Å². The first-order valence-corrected chi connectivity index (χ1v) is 8.39. The molecule has 0 aliphatic heterocycles. The van der Waals surface area contributed by atoms with Crippen molar-refractivity contribution >= 4 is 22.6 Å². The first-order valence-electron chi connectivity index (χ1n) is 8.39. The summed E-state index contributed by atoms with van der Waals surface area (Å²) in [5, 5.41) is 5.16. The third-order valence-corrected chi connectivity index (χ3v) is 4.31. The van der Waals surface area contributed by atoms with E-state index in [0.717, 1.165) is 18.6 Å². The number of nitrogens with one attached hydrogen (secondary N) is 1. The van der Waals surface area contributed by atoms with Crippen molar-refractivity contribution in [2.45, 2.75) is 47.1 Å². The molecule has 5 nitrogen and oxygen atoms in total. The van der Waals surface area contributed by atoms with Gasteiger partial charge in [0.15, 0.2) is 0 Å². The molecule has 0 saturated heterocycles. The van der Waals surface area contributed by atoms with Gasteiger partial charge in [-0.15, -0.1) is 0 Å². The van der Waals surface area contributed by atoms with E-state index in [9.17, 15) is 4.79 Å². The predicted molar refractivity (Wildman–Crippen MR) is 99.5 cm³/mol. The molecule has 0 atom stereocenters. The molecule has 126 valence electrons. The molecular weight excluding hydrogens is 300 g/mol. The smallest absolute Gasteiger partial charge is 0.262 e. The Bertz CT molecular complexity index is 890. The van der Waals surface area contributed by atoms with Gasteiger partial charge in [-0.1, -0.05) is 31.6 Å². The van der Waals surface area contributed by atoms with Gasteiger partial charge >= 0.3 is 0 Å². The maximum Gasteiger partial charge on any atom is 0.262 e. The second-order valence-corrected chi connectivity index (χ2v) is 7.23. The standard InChI is InChI=1S/C19H24N4O/c1-5-23-17(24)15-8-6-7-9-16(15)20-18(23)22-21-14-10-13(2)11-19(3,4)12-14/h6-10H,5,11-12H2,1-4H3,(H,20,22)/b21-14+. The molecule has 0 saturated carbocycles. The SMILES string of the molecule is CCn1c(N/N=C2\C=C(C)CC(C)(C)C2)nc2ccccc2c1=O. The highest BCUT2D eigenvalue weighted by Crippen LogP contribution is 2.33. The lowest BCUT2D eigenvalue weighted by atomic mass is 9.77. The highest BCUT2D eigenvalue weighted by Gasteiger charge is 2.24. The highest BCUT2D eigenvalue weighted by molar-refractivity contribution is 5.97. The van der Waals surface area contributed by atoms with Gasteiger partial charge in [0.2, 0.25) is 5.95 Å². The lowest BCUT2D eigenvalue weighted by Gasteiger charge is -2.29. The summed E-state index contributed by atoms with van der Waals surface area (Å²) in [5.74, 6) is 0.489. The number of hydrogen-bond acceptors (Lipinski definition) is 4. The fraction of sp³-hybridized carbons (Fsp3) is 0.421. The summed E-state index contributed by atoms with van der Waals surface area (Å²) in [5.41, 5.74) is 6.19. The monoisotopic (exact) mass is 324 g/mol. The Morgan fingerprint density at radius 1 is 1.29 bits per heavy atom. The lowest BCUT2D eigenvalue weighted by molar-refractivity contribution is 0.373. The van der Waals surface area contributed by atoms with Crippen LogP contribution >= 0.6 is 0 Å². The number of aromatic nitrogens is 2. The van der Waals surface area contributed by atoms with Gasteiger partial charge in [-0.25, -0.2) is 10.4 Å². The molecule has 1 aliphatic rings. The van der Waals surface area contributed by atoms with Crippen molar-refractivity contribution in [1.29, 1.82) is 0 Å². The molecular formula is C19H24N4O. The minimum Gasteiger partial charge on any atom is -0.277 e. The number of rotatable bonds is 3. The molecule has 0 fully saturated rings. The summed E-state index contributed by atoms with van der Waals surface area (Å²) in [6.45, 7) is 9.10. The van der Waals surface area contributed by atoms with E-state index >= 15 is 0 Å². The van der Waals surface area contributed by atoms with Crippen LogP contribution in [0.1, 0.15) is 40.5 Å². The number of para-hydroxylation sites is 1. The molecule has 1 N–H and O–H groups in total. The van der Waals surface area contributed by atoms with Gasteiger partial charge in [0, 0.05) is 6.54 Å². The average molecular weight is 324 g/mol. The third kappa shape index (κ3) is 3.25. The highest BCUT2D eigenvalue weighted by atomic mass is 16.1. The van der Waals surface area contributed by atoms with E-state index in [1.54, 1.807) is 4.57 Å². The number of hydrogen-bond donors (Lipinski definition) is 1. The van der Waals surface area contributed by atoms with Crippen LogP contribution in [0.25, 0.3) is 10.9 Å². The zero-order valence-corrected chi connectivity index (χ0v) is 14.8. The fourth-order valence-corrected chi connectivity index (χ4v) is 3.43. The van der Waals surface area contributed by atoms with Gasteiger partial charge in [0.1, 0.15) is 0 Å². The molecule has 1 heterocycles. The van der Waals surface area contributed by atoms with E-state index in [-0.39, 0.29) is 11.0 Å². The van der Waals surface area contributed by atoms with Crippen LogP contribution in [0.15, 0.2) is 45.8 Å². The molecule has 0 amide bonds. The van der Waals surface area contributed by atoms with Crippen molar-refractivity contribution < 1.29 is 0 Å². The predicted octanol–water partition coefficient (Wildman–Crippen LogP) is 3.95. The second-order valence-electron chi connectivity index (χ2n) is 7.23. The normalized spacial score (nSPS) is 18.7. The van der Waals surface area contributed by atoms with Crippen molar-refractivity contribution in [3.05, 3.63) is 46.3 Å². The maximum absolute atomic E-state index is 12.6. The second kappa shape index (κ2) is 6.23. The summed E-state index contributed by atoms with van der Waals surface area (Å²) >= 11 is 0. The van der Waals surface area contributed by atoms with Crippen molar-refractivity contribution in [2.24, 2.45) is 10.5 Å². The molecule has 3 rings (SSSR count). The van der Waals surface area contributed by atoms with Crippen LogP contribution in [-0.2, 0) is 6.54 Å². The lowest BCUT2D eigenvalue weighted by Crippen LogP contribution is -2.25. The Labute approximate surface area is 142 Å². The van der Waals surface area contributed by atoms with E-state index in [2.05, 4.69) is 42.4 Å². The zero-order valence-electron chi connectivity index (χ0n) is 14.8. The van der Waals surface area contributed by atoms with E-state index < -0.39 is 0 Å². The fourth-order valence-electron chi connectivity index (χ4n) is 3.43. The summed E-state index contributed by atoms with van der Waals surface area (Å²) < 4.78 is 1.62. The minimum atomic E-state index is -0.0403. The molecule has 0 radical (unpaired) electrons. The minimum absolute atomic E-state index is 0.0403. The third-order valence-electron chi connectivity index (χ3n) is 4.31. The van der Waals surface area contributed by atoms with Crippen LogP contribution in [0.2, 0.25) is 0 Å². The van der Waals surface area contributed by atoms with Gasteiger partial charge < -0.3 is 0 Å². The molecule has 0 spiro atoms. The van der Waals surface area contributed by atoms with Crippen LogP contribution in [0, 0.1) is 5.41 Å². The van der Waals surface area contributed by atoms with E-state index in [0.29, 0.717) is 23.4 Å². The summed E-state index contributed by atoms with van der Waals surface area (Å²) in [4.78, 5) is 17.2. The Balaban J connectivity index is 2.00. The molecule has 5 heteroatoms. The zero-order chi connectivity index (χ0) is 17.3. The van der Waals surface area contributed by atoms with Crippen LogP contribution in [0.5, 0.6) is 0 Å². The van der Waals surface area contributed by atoms with E-state index in [1.807, 2.05) is 31.2 Å². The maximum atomic E-state index is 12.6. The van der Waals surface area contributed by atoms with Crippen molar-refractivity contribution in [3.8, 4) is 0 Å². The summed E-state index contributed by atoms with van der Waals surface area (Å²) in [6, 6.07) is 7.40. The van der Waals surface area contributed by atoms with Crippen LogP contribution in [0.4, 0.5) is 5.95 Å². The van der Waals surface area contributed by atoms with Gasteiger partial charge in [0.05, 0.1) is 16.6 Å². The molecule has 1 aromatic carbocycles. The quantitative estimate of drug-likeness (QED) is 0.870. The first kappa shape index (κ1) is 16.4. The molecule has 0 unspecified atom stereocenters. The summed E-state index contributed by atoms with van der Waals surface area (Å²) in [6.07, 6.45) is 4.11. The summed E-state index contributed by atoms with van der Waals surface area (Å²) in [7, 11) is 0. The number of nitrogens with zero attached hydrogens (tertiary/aromatic N) is 3. The number of fused-ring (bicyclic) bond motifs is 1. The molecule has 2 aromatic rings. The van der Waals surface area contributed by atoms with Gasteiger partial charge in [-0.3, -0.25) is 9.36 Å². The van der Waals surface area contributed by atoms with Crippen LogP contribution in [-0.4, -0.2) is 15.3 Å². The number of allylic oxidation sites excluding steroid dienone is 2. The number of anilines is 1. The topological polar surface area (TPSA) is 59.3 Å². The Morgan fingerprint density at radius 3 is 2.75 bits per heavy atom. The Morgan fingerprint density at radius 2 is 2.04 bits per heavy atom. The Hall–Kier alpha value is -2.43. The van der Waals surface area contributed by atoms with Crippen molar-refractivity contribution in [3.63, 3.8) is 0 Å². The largest absolute Gasteiger partial charge is 0.277 e. The molecule has 0 bridgehead atoms. The van der Waals surface area contributed by atoms with Gasteiger partial charge in [0.25, 0.3) is 5.56 Å². The number of hydrazone groups is 1. The Kier molecular flexibility index (Phi) is 4.26. The molecule has 24 heavy (non-hydrogen) atoms. The van der Waals surface area contributed by atoms with Crippen LogP contribution < -0.4 is 11.0 Å². The van der Waals surface area contributed by atoms with Crippen LogP contribution in [0.3, 0.4) is 0 Å². The van der Waals surface area contributed by atoms with E-state index in [1.165, 1.54) is 5.57 Å².